The topological polar surface area (TPSA) is 66.5 Å². The smallest absolute Gasteiger partial charge is 0.183 e. The molecule has 2 N–H and O–H groups in total. The predicted octanol–water partition coefficient (Wildman–Crippen LogP) is 4.73. The molecule has 0 unspecified atom stereocenters. The molecule has 0 saturated heterocycles. The van der Waals surface area contributed by atoms with Crippen LogP contribution < -0.4 is 5.32 Å². The fourth-order valence-electron chi connectivity index (χ4n) is 2.79. The van der Waals surface area contributed by atoms with Crippen molar-refractivity contribution in [3.8, 4) is 11.4 Å². The molecule has 0 aliphatic carbocycles. The average molecular weight is 368 g/mol. The molecule has 3 heterocycles. The van der Waals surface area contributed by atoms with Crippen molar-refractivity contribution in [2.75, 3.05) is 5.32 Å². The molecule has 5 nitrogen and oxygen atoms in total. The van der Waals surface area contributed by atoms with Crippen molar-refractivity contribution < 1.29 is 4.39 Å². The van der Waals surface area contributed by atoms with E-state index in [1.165, 1.54) is 0 Å². The second kappa shape index (κ2) is 6.72. The molecule has 0 aliphatic heterocycles. The summed E-state index contributed by atoms with van der Waals surface area (Å²) >= 11 is 6.03. The highest BCUT2D eigenvalue weighted by Gasteiger charge is 2.13. The van der Waals surface area contributed by atoms with Crippen LogP contribution in [0, 0.1) is 12.7 Å². The van der Waals surface area contributed by atoms with Crippen molar-refractivity contribution in [3.63, 3.8) is 0 Å². The number of aryl methyl sites for hydroxylation is 1. The van der Waals surface area contributed by atoms with Crippen molar-refractivity contribution >= 4 is 28.5 Å². The van der Waals surface area contributed by atoms with E-state index in [4.69, 9.17) is 11.6 Å². The number of hydrogen-bond donors (Lipinski definition) is 2. The molecule has 0 amide bonds. The first-order valence-corrected chi connectivity index (χ1v) is 8.43. The Morgan fingerprint density at radius 3 is 2.92 bits per heavy atom. The van der Waals surface area contributed by atoms with Gasteiger partial charge < -0.3 is 10.3 Å². The van der Waals surface area contributed by atoms with Gasteiger partial charge in [0.2, 0.25) is 0 Å². The zero-order chi connectivity index (χ0) is 18.1. The SMILES string of the molecule is Cc1cccc(CNc2nc(-c3c[nH]c4ncc(Cl)cc34)ncc2F)c1. The Bertz CT molecular complexity index is 1090. The molecular formula is C19H15ClFN5. The fourth-order valence-corrected chi connectivity index (χ4v) is 2.95. The van der Waals surface area contributed by atoms with E-state index < -0.39 is 5.82 Å². The maximum absolute atomic E-state index is 14.1. The summed E-state index contributed by atoms with van der Waals surface area (Å²) in [6.07, 6.45) is 4.47. The minimum Gasteiger partial charge on any atom is -0.363 e. The van der Waals surface area contributed by atoms with E-state index in [0.717, 1.165) is 22.7 Å². The van der Waals surface area contributed by atoms with Crippen LogP contribution in [-0.2, 0) is 6.54 Å². The molecule has 0 radical (unpaired) electrons. The largest absolute Gasteiger partial charge is 0.363 e. The third-order valence-electron chi connectivity index (χ3n) is 4.03. The number of anilines is 1. The lowest BCUT2D eigenvalue weighted by Crippen LogP contribution is -2.05. The van der Waals surface area contributed by atoms with Crippen LogP contribution in [0.2, 0.25) is 5.02 Å². The number of benzene rings is 1. The molecule has 0 aliphatic rings. The molecule has 0 fully saturated rings. The number of hydrogen-bond acceptors (Lipinski definition) is 4. The Balaban J connectivity index is 1.66. The van der Waals surface area contributed by atoms with Gasteiger partial charge in [0.15, 0.2) is 17.5 Å². The first-order chi connectivity index (χ1) is 12.6. The first kappa shape index (κ1) is 16.5. The molecule has 0 spiro atoms. The summed E-state index contributed by atoms with van der Waals surface area (Å²) in [6.45, 7) is 2.49. The van der Waals surface area contributed by atoms with Gasteiger partial charge in [0.25, 0.3) is 0 Å². The summed E-state index contributed by atoms with van der Waals surface area (Å²) in [5, 5.41) is 4.34. The van der Waals surface area contributed by atoms with E-state index in [1.54, 1.807) is 18.5 Å². The normalized spacial score (nSPS) is 11.0. The number of aromatic amines is 1. The number of pyridine rings is 1. The Morgan fingerprint density at radius 2 is 2.08 bits per heavy atom. The summed E-state index contributed by atoms with van der Waals surface area (Å²) in [6, 6.07) is 9.79. The zero-order valence-corrected chi connectivity index (χ0v) is 14.7. The quantitative estimate of drug-likeness (QED) is 0.547. The Kier molecular flexibility index (Phi) is 4.26. The Hall–Kier alpha value is -2.99. The number of rotatable bonds is 4. The van der Waals surface area contributed by atoms with Gasteiger partial charge in [-0.3, -0.25) is 0 Å². The third kappa shape index (κ3) is 3.23. The zero-order valence-electron chi connectivity index (χ0n) is 13.9. The van der Waals surface area contributed by atoms with Crippen molar-refractivity contribution in [3.05, 3.63) is 70.9 Å². The van der Waals surface area contributed by atoms with Gasteiger partial charge in [-0.25, -0.2) is 19.3 Å². The van der Waals surface area contributed by atoms with Crippen LogP contribution in [-0.4, -0.2) is 19.9 Å². The fraction of sp³-hybridized carbons (Fsp3) is 0.105. The number of nitrogens with one attached hydrogen (secondary N) is 2. The first-order valence-electron chi connectivity index (χ1n) is 8.05. The maximum atomic E-state index is 14.1. The van der Waals surface area contributed by atoms with Crippen molar-refractivity contribution in [2.45, 2.75) is 13.5 Å². The molecule has 26 heavy (non-hydrogen) atoms. The van der Waals surface area contributed by atoms with E-state index in [-0.39, 0.29) is 5.82 Å². The van der Waals surface area contributed by atoms with Crippen molar-refractivity contribution in [1.82, 2.24) is 19.9 Å². The summed E-state index contributed by atoms with van der Waals surface area (Å²) in [4.78, 5) is 15.7. The summed E-state index contributed by atoms with van der Waals surface area (Å²) < 4.78 is 14.1. The number of H-pyrrole nitrogens is 1. The molecule has 130 valence electrons. The summed E-state index contributed by atoms with van der Waals surface area (Å²) in [7, 11) is 0. The van der Waals surface area contributed by atoms with Gasteiger partial charge in [0, 0.05) is 29.9 Å². The molecule has 4 rings (SSSR count). The van der Waals surface area contributed by atoms with E-state index >= 15 is 0 Å². The van der Waals surface area contributed by atoms with Gasteiger partial charge in [0.05, 0.1) is 11.2 Å². The van der Waals surface area contributed by atoms with Gasteiger partial charge in [-0.1, -0.05) is 41.4 Å². The van der Waals surface area contributed by atoms with E-state index in [9.17, 15) is 4.39 Å². The van der Waals surface area contributed by atoms with Crippen molar-refractivity contribution in [2.24, 2.45) is 0 Å². The van der Waals surface area contributed by atoms with Crippen LogP contribution in [0.3, 0.4) is 0 Å². The lowest BCUT2D eigenvalue weighted by molar-refractivity contribution is 0.617. The minimum absolute atomic E-state index is 0.154. The number of nitrogens with zero attached hydrogens (tertiary/aromatic N) is 3. The molecule has 7 heteroatoms. The molecular weight excluding hydrogens is 353 g/mol. The van der Waals surface area contributed by atoms with Crippen LogP contribution in [0.25, 0.3) is 22.4 Å². The van der Waals surface area contributed by atoms with Crippen LogP contribution in [0.5, 0.6) is 0 Å². The van der Waals surface area contributed by atoms with Gasteiger partial charge >= 0.3 is 0 Å². The minimum atomic E-state index is -0.502. The lowest BCUT2D eigenvalue weighted by atomic mass is 10.1. The standard InChI is InChI=1S/C19H15ClFN5/c1-11-3-2-4-12(5-11)7-22-19-16(21)10-25-18(26-19)15-9-24-17-14(15)6-13(20)8-23-17/h2-6,8-10H,7H2,1H3,(H,23,24)(H,22,25,26). The van der Waals surface area contributed by atoms with Crippen LogP contribution in [0.4, 0.5) is 10.2 Å². The van der Waals surface area contributed by atoms with Gasteiger partial charge in [0.1, 0.15) is 5.65 Å². The highest BCUT2D eigenvalue weighted by Crippen LogP contribution is 2.28. The highest BCUT2D eigenvalue weighted by molar-refractivity contribution is 6.31. The molecule has 4 aromatic rings. The average Bonchev–Trinajstić information content (AvgIpc) is 3.04. The molecule has 0 bridgehead atoms. The maximum Gasteiger partial charge on any atom is 0.183 e. The number of halogens is 2. The summed E-state index contributed by atoms with van der Waals surface area (Å²) in [5.74, 6) is 0.0479. The second-order valence-corrected chi connectivity index (χ2v) is 6.42. The van der Waals surface area contributed by atoms with E-state index in [1.807, 2.05) is 31.2 Å². The Labute approximate surface area is 154 Å². The number of aromatic nitrogens is 4. The third-order valence-corrected chi connectivity index (χ3v) is 4.23. The highest BCUT2D eigenvalue weighted by atomic mass is 35.5. The predicted molar refractivity (Wildman–Crippen MR) is 101 cm³/mol. The lowest BCUT2D eigenvalue weighted by Gasteiger charge is -2.08. The van der Waals surface area contributed by atoms with Crippen LogP contribution >= 0.6 is 11.6 Å². The molecule has 0 saturated carbocycles. The second-order valence-electron chi connectivity index (χ2n) is 5.98. The van der Waals surface area contributed by atoms with E-state index in [0.29, 0.717) is 28.6 Å². The van der Waals surface area contributed by atoms with Gasteiger partial charge in [-0.05, 0) is 18.6 Å². The van der Waals surface area contributed by atoms with E-state index in [2.05, 4.69) is 25.3 Å². The van der Waals surface area contributed by atoms with Crippen LogP contribution in [0.15, 0.2) is 48.9 Å². The van der Waals surface area contributed by atoms with Crippen molar-refractivity contribution in [1.29, 1.82) is 0 Å². The number of fused-ring (bicyclic) bond motifs is 1. The molecule has 3 aromatic heterocycles. The van der Waals surface area contributed by atoms with Gasteiger partial charge in [-0.15, -0.1) is 0 Å². The molecule has 1 aromatic carbocycles. The van der Waals surface area contributed by atoms with Gasteiger partial charge in [-0.2, -0.15) is 0 Å². The monoisotopic (exact) mass is 367 g/mol. The summed E-state index contributed by atoms with van der Waals surface area (Å²) in [5.41, 5.74) is 3.59. The van der Waals surface area contributed by atoms with Crippen LogP contribution in [0.1, 0.15) is 11.1 Å². The molecule has 0 atom stereocenters. The Morgan fingerprint density at radius 1 is 1.19 bits per heavy atom.